The van der Waals surface area contributed by atoms with Crippen LogP contribution in [0, 0.1) is 0 Å². The minimum Gasteiger partial charge on any atom is -0.349 e. The van der Waals surface area contributed by atoms with E-state index in [9.17, 15) is 9.59 Å². The highest BCUT2D eigenvalue weighted by Gasteiger charge is 2.23. The Kier molecular flexibility index (Phi) is 3.59. The largest absolute Gasteiger partial charge is 0.349 e. The van der Waals surface area contributed by atoms with E-state index in [1.165, 1.54) is 18.6 Å². The Morgan fingerprint density at radius 1 is 1.05 bits per heavy atom. The predicted octanol–water partition coefficient (Wildman–Crippen LogP) is 1.62. The van der Waals surface area contributed by atoms with Crippen LogP contribution in [0.1, 0.15) is 33.7 Å². The van der Waals surface area contributed by atoms with Gasteiger partial charge in [-0.2, -0.15) is 0 Å². The zero-order chi connectivity index (χ0) is 14.7. The second-order valence-electron chi connectivity index (χ2n) is 4.87. The zero-order valence-corrected chi connectivity index (χ0v) is 11.2. The zero-order valence-electron chi connectivity index (χ0n) is 11.2. The highest BCUT2D eigenvalue weighted by atomic mass is 16.2. The van der Waals surface area contributed by atoms with Crippen LogP contribution in [0.15, 0.2) is 42.9 Å². The Morgan fingerprint density at radius 3 is 2.43 bits per heavy atom. The lowest BCUT2D eigenvalue weighted by Crippen LogP contribution is -2.25. The number of hydrogen-bond acceptors (Lipinski definition) is 4. The van der Waals surface area contributed by atoms with Crippen LogP contribution in [0.3, 0.4) is 0 Å². The molecule has 0 radical (unpaired) electrons. The van der Waals surface area contributed by atoms with E-state index in [1.807, 2.05) is 0 Å². The Morgan fingerprint density at radius 2 is 1.81 bits per heavy atom. The molecule has 0 saturated heterocycles. The van der Waals surface area contributed by atoms with Gasteiger partial charge in [-0.3, -0.25) is 14.6 Å². The summed E-state index contributed by atoms with van der Waals surface area (Å²) in [5.41, 5.74) is 1.43. The van der Waals surface area contributed by atoms with Gasteiger partial charge in [-0.05, 0) is 37.1 Å². The molecule has 2 aromatic rings. The average Bonchev–Trinajstić information content (AvgIpc) is 3.33. The molecule has 1 aliphatic carbocycles. The number of anilines is 1. The second kappa shape index (κ2) is 5.70. The highest BCUT2D eigenvalue weighted by Crippen LogP contribution is 2.19. The average molecular weight is 282 g/mol. The van der Waals surface area contributed by atoms with Gasteiger partial charge in [-0.25, -0.2) is 4.98 Å². The summed E-state index contributed by atoms with van der Waals surface area (Å²) in [5.74, 6) is -0.414. The fraction of sp³-hybridized carbons (Fsp3) is 0.200. The van der Waals surface area contributed by atoms with E-state index in [1.54, 1.807) is 24.3 Å². The number of carbonyl (C=O) groups is 2. The molecular weight excluding hydrogens is 268 g/mol. The summed E-state index contributed by atoms with van der Waals surface area (Å²) in [4.78, 5) is 31.5. The van der Waals surface area contributed by atoms with Gasteiger partial charge in [-0.1, -0.05) is 0 Å². The van der Waals surface area contributed by atoms with E-state index in [-0.39, 0.29) is 17.5 Å². The Hall–Kier alpha value is -2.76. The Labute approximate surface area is 121 Å². The second-order valence-corrected chi connectivity index (χ2v) is 4.87. The first-order valence-corrected chi connectivity index (χ1v) is 6.70. The van der Waals surface area contributed by atoms with Crippen LogP contribution in [0.4, 0.5) is 5.69 Å². The van der Waals surface area contributed by atoms with Crippen molar-refractivity contribution in [2.24, 2.45) is 0 Å². The molecular formula is C15H14N4O2. The summed E-state index contributed by atoms with van der Waals surface area (Å²) >= 11 is 0. The van der Waals surface area contributed by atoms with Gasteiger partial charge in [0.1, 0.15) is 5.69 Å². The Balaban J connectivity index is 1.64. The first-order chi connectivity index (χ1) is 10.2. The summed E-state index contributed by atoms with van der Waals surface area (Å²) in [6, 6.07) is 7.08. The monoisotopic (exact) mass is 282 g/mol. The lowest BCUT2D eigenvalue weighted by atomic mass is 10.2. The van der Waals surface area contributed by atoms with E-state index < -0.39 is 0 Å². The van der Waals surface area contributed by atoms with Crippen molar-refractivity contribution in [2.75, 3.05) is 5.32 Å². The van der Waals surface area contributed by atoms with E-state index in [0.717, 1.165) is 12.8 Å². The van der Waals surface area contributed by atoms with Crippen LogP contribution < -0.4 is 10.6 Å². The maximum Gasteiger partial charge on any atom is 0.275 e. The molecule has 0 bridgehead atoms. The van der Waals surface area contributed by atoms with Crippen molar-refractivity contribution < 1.29 is 9.59 Å². The van der Waals surface area contributed by atoms with Crippen LogP contribution in [0.5, 0.6) is 0 Å². The van der Waals surface area contributed by atoms with Gasteiger partial charge >= 0.3 is 0 Å². The van der Waals surface area contributed by atoms with Crippen molar-refractivity contribution in [3.05, 3.63) is 54.1 Å². The third-order valence-corrected chi connectivity index (χ3v) is 3.11. The molecule has 1 aliphatic rings. The molecule has 1 saturated carbocycles. The topological polar surface area (TPSA) is 84.0 Å². The molecule has 1 aromatic carbocycles. The summed E-state index contributed by atoms with van der Waals surface area (Å²) < 4.78 is 0. The van der Waals surface area contributed by atoms with Gasteiger partial charge in [0.25, 0.3) is 11.8 Å². The van der Waals surface area contributed by atoms with Crippen LogP contribution >= 0.6 is 0 Å². The summed E-state index contributed by atoms with van der Waals surface area (Å²) in [6.45, 7) is 0. The molecule has 3 rings (SSSR count). The van der Waals surface area contributed by atoms with E-state index in [4.69, 9.17) is 0 Å². The van der Waals surface area contributed by atoms with Crippen LogP contribution in [0.2, 0.25) is 0 Å². The maximum absolute atomic E-state index is 11.9. The normalized spacial score (nSPS) is 13.5. The number of nitrogens with zero attached hydrogens (tertiary/aromatic N) is 2. The van der Waals surface area contributed by atoms with Crippen molar-refractivity contribution in [1.82, 2.24) is 15.3 Å². The number of aromatic nitrogens is 2. The lowest BCUT2D eigenvalue weighted by molar-refractivity contribution is 0.0950. The molecule has 0 spiro atoms. The standard InChI is InChI=1S/C15H14N4O2/c20-14(18-12-5-6-12)10-1-3-11(4-2-10)19-15(21)13-9-16-7-8-17-13/h1-4,7-9,12H,5-6H2,(H,18,20)(H,19,21). The molecule has 2 N–H and O–H groups in total. The molecule has 1 heterocycles. The third-order valence-electron chi connectivity index (χ3n) is 3.11. The number of carbonyl (C=O) groups excluding carboxylic acids is 2. The summed E-state index contributed by atoms with van der Waals surface area (Å²) in [7, 11) is 0. The van der Waals surface area contributed by atoms with E-state index in [0.29, 0.717) is 17.3 Å². The molecule has 1 fully saturated rings. The van der Waals surface area contributed by atoms with Crippen molar-refractivity contribution in [3.8, 4) is 0 Å². The number of benzene rings is 1. The summed E-state index contributed by atoms with van der Waals surface area (Å²) in [5, 5.41) is 5.62. The minimum absolute atomic E-state index is 0.0793. The first-order valence-electron chi connectivity index (χ1n) is 6.70. The van der Waals surface area contributed by atoms with Gasteiger partial charge in [0.05, 0.1) is 6.20 Å². The molecule has 2 amide bonds. The number of amides is 2. The van der Waals surface area contributed by atoms with Crippen LogP contribution in [0.25, 0.3) is 0 Å². The smallest absolute Gasteiger partial charge is 0.275 e. The molecule has 21 heavy (non-hydrogen) atoms. The molecule has 0 atom stereocenters. The van der Waals surface area contributed by atoms with Crippen molar-refractivity contribution in [3.63, 3.8) is 0 Å². The fourth-order valence-corrected chi connectivity index (χ4v) is 1.81. The van der Waals surface area contributed by atoms with Gasteiger partial charge in [0, 0.05) is 29.7 Å². The molecule has 0 aliphatic heterocycles. The summed E-state index contributed by atoms with van der Waals surface area (Å²) in [6.07, 6.45) is 6.47. The third kappa shape index (κ3) is 3.42. The number of nitrogens with one attached hydrogen (secondary N) is 2. The van der Waals surface area contributed by atoms with Crippen LogP contribution in [-0.2, 0) is 0 Å². The maximum atomic E-state index is 11.9. The minimum atomic E-state index is -0.335. The van der Waals surface area contributed by atoms with Crippen LogP contribution in [-0.4, -0.2) is 27.8 Å². The van der Waals surface area contributed by atoms with Crippen molar-refractivity contribution >= 4 is 17.5 Å². The quantitative estimate of drug-likeness (QED) is 0.892. The molecule has 1 aromatic heterocycles. The molecule has 106 valence electrons. The highest BCUT2D eigenvalue weighted by molar-refractivity contribution is 6.03. The number of hydrogen-bond donors (Lipinski definition) is 2. The molecule has 6 heteroatoms. The SMILES string of the molecule is O=C(NC1CC1)c1ccc(NC(=O)c2cnccn2)cc1. The van der Waals surface area contributed by atoms with Gasteiger partial charge in [0.2, 0.25) is 0 Å². The lowest BCUT2D eigenvalue weighted by Gasteiger charge is -2.06. The fourth-order valence-electron chi connectivity index (χ4n) is 1.81. The van der Waals surface area contributed by atoms with E-state index >= 15 is 0 Å². The predicted molar refractivity (Wildman–Crippen MR) is 76.9 cm³/mol. The van der Waals surface area contributed by atoms with E-state index in [2.05, 4.69) is 20.6 Å². The van der Waals surface area contributed by atoms with Gasteiger partial charge in [0.15, 0.2) is 0 Å². The number of rotatable bonds is 4. The van der Waals surface area contributed by atoms with Crippen molar-refractivity contribution in [2.45, 2.75) is 18.9 Å². The Bertz CT molecular complexity index is 651. The molecule has 6 nitrogen and oxygen atoms in total. The van der Waals surface area contributed by atoms with Gasteiger partial charge < -0.3 is 10.6 Å². The van der Waals surface area contributed by atoms with Gasteiger partial charge in [-0.15, -0.1) is 0 Å². The first kappa shape index (κ1) is 13.2. The molecule has 0 unspecified atom stereocenters. The van der Waals surface area contributed by atoms with Crippen molar-refractivity contribution in [1.29, 1.82) is 0 Å².